The largest absolute Gasteiger partial charge is 0.479 e. The molecule has 6 heterocycles. The van der Waals surface area contributed by atoms with Crippen LogP contribution >= 0.6 is 11.3 Å². The van der Waals surface area contributed by atoms with E-state index in [1.165, 1.54) is 48.3 Å². The summed E-state index contributed by atoms with van der Waals surface area (Å²) in [5.41, 5.74) is 3.41. The number of fused-ring (bicyclic) bond motifs is 2. The van der Waals surface area contributed by atoms with Crippen molar-refractivity contribution in [2.24, 2.45) is 27.6 Å². The van der Waals surface area contributed by atoms with Crippen molar-refractivity contribution in [3.8, 4) is 11.1 Å². The van der Waals surface area contributed by atoms with Gasteiger partial charge < -0.3 is 65.5 Å². The zero-order valence-electron chi connectivity index (χ0n) is 61.7. The van der Waals surface area contributed by atoms with Gasteiger partial charge in [-0.2, -0.15) is 5.10 Å². The van der Waals surface area contributed by atoms with Gasteiger partial charge in [0.25, 0.3) is 17.7 Å². The van der Waals surface area contributed by atoms with Crippen LogP contribution in [0, 0.1) is 34.5 Å². The number of carbonyl (C=O) groups is 9. The number of carboxylic acids is 2. The number of hydrogen-bond acceptors (Lipinski definition) is 20. The summed E-state index contributed by atoms with van der Waals surface area (Å²) in [6.45, 7) is 16.5. The van der Waals surface area contributed by atoms with Crippen LogP contribution in [0.1, 0.15) is 150 Å². The van der Waals surface area contributed by atoms with E-state index in [4.69, 9.17) is 24.3 Å². The highest BCUT2D eigenvalue weighted by atomic mass is 32.1. The average Bonchev–Trinajstić information content (AvgIpc) is 0.999. The van der Waals surface area contributed by atoms with Crippen LogP contribution in [0.3, 0.4) is 0 Å². The molecule has 29 heteroatoms. The molecule has 1 saturated heterocycles. The van der Waals surface area contributed by atoms with Gasteiger partial charge in [-0.15, -0.1) is 0 Å². The van der Waals surface area contributed by atoms with Gasteiger partial charge in [0, 0.05) is 91.8 Å². The lowest BCUT2D eigenvalue weighted by molar-refractivity contribution is -0.248. The quantitative estimate of drug-likeness (QED) is 0.0181. The van der Waals surface area contributed by atoms with E-state index in [2.05, 4.69) is 40.1 Å². The van der Waals surface area contributed by atoms with Gasteiger partial charge in [-0.1, -0.05) is 75.8 Å². The standard InChI is InChI=1S/C78H95N11O17S/c1-43(2)60(84-57(90)20-11-10-14-28-88-58(91)23-24-59(88)92)69(98)80-45(4)67(96)81-48-25-27-76(8,53(32-48)44(3)65-63(94)62(93)64(95)66(106-65)71(101)102)42-104-73(103)86(9)30-31-105-78-38-74(6)35-75(7,39-78)37-77(36-74,40-78)41-89-46(5)51(33-79-89)49-21-22-56(83-61(49)70(99)100)87-29-26-47-16-15-17-50(52(47)34-87)68(97)85-72-82-54-18-12-13-19-55(54)107-72/h12-13,15-19,21-25,27,32-33,43,45,60,62-66,93-95H,10-11,14,20,26,28-31,34-42H2,1-9H3,(H,80,98)(H,81,96)(H,84,90)(H,99,100)(H,101,102)(H,82,85,97)/b53-44-/t45-,60?,62+,63+,64-,65-,66-,74?,75?,76?,77?,78?/m0/s1. The molecular formula is C78H95N11O17S. The number of ether oxygens (including phenoxy) is 3. The van der Waals surface area contributed by atoms with Gasteiger partial charge in [-0.3, -0.25) is 43.7 Å². The number of hydrogen-bond donors (Lipinski definition) is 9. The van der Waals surface area contributed by atoms with Crippen molar-refractivity contribution in [2.75, 3.05) is 50.1 Å². The number of carbonyl (C=O) groups excluding carboxylic acids is 7. The maximum absolute atomic E-state index is 14.1. The minimum atomic E-state index is -1.98. The molecule has 3 aliphatic heterocycles. The Morgan fingerprint density at radius 3 is 2.21 bits per heavy atom. The van der Waals surface area contributed by atoms with Gasteiger partial charge >= 0.3 is 18.0 Å². The number of anilines is 2. The number of amides is 7. The maximum atomic E-state index is 14.1. The number of aromatic carboxylic acids is 1. The summed E-state index contributed by atoms with van der Waals surface area (Å²) < 4.78 is 21.8. The molecule has 8 aliphatic rings. The molecule has 7 amide bonds. The van der Waals surface area contributed by atoms with Crippen LogP contribution in [0.4, 0.5) is 15.7 Å². The number of para-hydroxylation sites is 1. The number of nitrogens with zero attached hydrogens (tertiary/aromatic N) is 7. The Kier molecular flexibility index (Phi) is 22.1. The number of imide groups is 1. The summed E-state index contributed by atoms with van der Waals surface area (Å²) in [7, 11) is 1.59. The van der Waals surface area contributed by atoms with Crippen molar-refractivity contribution in [2.45, 2.75) is 187 Å². The number of likely N-dealkylation sites (N-methyl/N-ethyl adjacent to an activating group) is 1. The SMILES string of the molecule is C/C(=C1\C=C(NC(=O)[C@H](C)NC(=O)C(NC(=O)CCCCCN2C(=O)C=CC2=O)C(C)C)C=CC1(C)COC(=O)N(C)CCOC12CC3(C)CC(C)(CC(Cn4ncc(-c5ccc(N6CCc7cccc(C(=O)Nc8nc9ccccc9s8)c7C6)nc5C(=O)O)c4C)(C3)C1)C2)[C@@H]1O[C@H](C(=O)O)[C@@H](O)[C@H](O)[C@H]1O. The lowest BCUT2D eigenvalue weighted by atomic mass is 9.39. The van der Waals surface area contributed by atoms with Crippen LogP contribution in [-0.2, 0) is 62.5 Å². The summed E-state index contributed by atoms with van der Waals surface area (Å²) in [5, 5.41) is 70.3. The number of aromatic nitrogens is 4. The number of carboxylic acid groups (broad SMARTS) is 2. The predicted molar refractivity (Wildman–Crippen MR) is 394 cm³/mol. The number of aliphatic hydroxyl groups is 3. The number of pyridine rings is 1. The fourth-order valence-electron chi connectivity index (χ4n) is 18.1. The first kappa shape index (κ1) is 77.1. The molecule has 4 bridgehead atoms. The van der Waals surface area contributed by atoms with E-state index < -0.39 is 89.4 Å². The molecule has 570 valence electrons. The van der Waals surface area contributed by atoms with E-state index in [-0.39, 0.29) is 95.1 Å². The molecule has 0 spiro atoms. The van der Waals surface area contributed by atoms with Gasteiger partial charge in [0.15, 0.2) is 16.9 Å². The molecule has 107 heavy (non-hydrogen) atoms. The minimum Gasteiger partial charge on any atom is -0.479 e. The number of unbranched alkanes of at least 4 members (excludes halogenated alkanes) is 2. The summed E-state index contributed by atoms with van der Waals surface area (Å²) in [5.74, 6) is -5.43. The molecule has 4 saturated carbocycles. The number of aliphatic carboxylic acids is 1. The minimum absolute atomic E-state index is 0.0736. The first-order chi connectivity index (χ1) is 50.7. The van der Waals surface area contributed by atoms with E-state index >= 15 is 0 Å². The fourth-order valence-corrected chi connectivity index (χ4v) is 19.0. The molecule has 13 rings (SSSR count). The predicted octanol–water partition coefficient (Wildman–Crippen LogP) is 7.54. The Morgan fingerprint density at radius 2 is 1.51 bits per heavy atom. The van der Waals surface area contributed by atoms with Crippen LogP contribution in [0.2, 0.25) is 0 Å². The van der Waals surface area contributed by atoms with Crippen molar-refractivity contribution in [3.63, 3.8) is 0 Å². The third-order valence-corrected chi connectivity index (χ3v) is 23.3. The van der Waals surface area contributed by atoms with E-state index in [1.54, 1.807) is 58.3 Å². The number of benzene rings is 2. The van der Waals surface area contributed by atoms with Gasteiger partial charge in [-0.05, 0) is 172 Å². The van der Waals surface area contributed by atoms with Crippen molar-refractivity contribution in [1.82, 2.24) is 45.5 Å². The Morgan fingerprint density at radius 1 is 0.794 bits per heavy atom. The average molecular weight is 1490 g/mol. The van der Waals surface area contributed by atoms with Crippen LogP contribution in [-0.4, -0.2) is 197 Å². The topological polar surface area (TPSA) is 384 Å². The van der Waals surface area contributed by atoms with E-state index in [0.29, 0.717) is 73.0 Å². The lowest BCUT2D eigenvalue weighted by Gasteiger charge is -2.69. The molecule has 5 fully saturated rings. The highest BCUT2D eigenvalue weighted by molar-refractivity contribution is 7.22. The molecule has 5 aliphatic carbocycles. The van der Waals surface area contributed by atoms with E-state index in [0.717, 1.165) is 70.5 Å². The second-order valence-corrected chi connectivity index (χ2v) is 32.7. The molecular weight excluding hydrogens is 1390 g/mol. The number of aliphatic hydroxyl groups excluding tert-OH is 3. The second kappa shape index (κ2) is 30.6. The van der Waals surface area contributed by atoms with Crippen LogP contribution in [0.25, 0.3) is 21.3 Å². The lowest BCUT2D eigenvalue weighted by Crippen LogP contribution is -2.64. The smallest absolute Gasteiger partial charge is 0.409 e. The number of allylic oxidation sites excluding steroid dienone is 2. The molecule has 5 aromatic rings. The molecule has 28 nitrogen and oxygen atoms in total. The van der Waals surface area contributed by atoms with E-state index in [1.807, 2.05) is 59.0 Å². The highest BCUT2D eigenvalue weighted by Gasteiger charge is 2.66. The normalized spacial score (nSPS) is 27.4. The first-order valence-corrected chi connectivity index (χ1v) is 37.3. The van der Waals surface area contributed by atoms with Crippen LogP contribution in [0.15, 0.2) is 108 Å². The molecule has 10 atom stereocenters. The Bertz CT molecular complexity index is 4430. The monoisotopic (exact) mass is 1490 g/mol. The first-order valence-electron chi connectivity index (χ1n) is 36.5. The number of rotatable bonds is 27. The highest BCUT2D eigenvalue weighted by Crippen LogP contribution is 2.72. The van der Waals surface area contributed by atoms with Gasteiger partial charge in [0.2, 0.25) is 17.7 Å². The Balaban J connectivity index is 0.679. The molecule has 4 unspecified atom stereocenters. The zero-order chi connectivity index (χ0) is 76.8. The fraction of sp³-hybridized carbons (Fsp3) is 0.513. The second-order valence-electron chi connectivity index (χ2n) is 31.6. The maximum Gasteiger partial charge on any atom is 0.409 e. The van der Waals surface area contributed by atoms with Gasteiger partial charge in [0.1, 0.15) is 48.9 Å². The van der Waals surface area contributed by atoms with Crippen molar-refractivity contribution >= 4 is 86.0 Å². The van der Waals surface area contributed by atoms with Crippen LogP contribution in [0.5, 0.6) is 0 Å². The Hall–Kier alpha value is -9.52. The summed E-state index contributed by atoms with van der Waals surface area (Å²) in [6, 6.07) is 14.8. The van der Waals surface area contributed by atoms with Crippen LogP contribution < -0.4 is 26.2 Å². The zero-order valence-corrected chi connectivity index (χ0v) is 62.5. The summed E-state index contributed by atoms with van der Waals surface area (Å²) in [6.07, 6.45) is 6.35. The van der Waals surface area contributed by atoms with Gasteiger partial charge in [-0.25, -0.2) is 24.4 Å². The third-order valence-electron chi connectivity index (χ3n) is 22.3. The summed E-state index contributed by atoms with van der Waals surface area (Å²) >= 11 is 1.40. The summed E-state index contributed by atoms with van der Waals surface area (Å²) in [4.78, 5) is 132. The number of thiazole rings is 1. The van der Waals surface area contributed by atoms with Crippen molar-refractivity contribution < 1.29 is 82.9 Å². The number of nitrogens with one attached hydrogen (secondary N) is 4. The molecule has 0 radical (unpaired) electrons. The molecule has 2 aromatic carbocycles. The third kappa shape index (κ3) is 16.4. The molecule has 9 N–H and O–H groups in total. The molecule has 3 aromatic heterocycles. The van der Waals surface area contributed by atoms with E-state index in [9.17, 15) is 68.7 Å². The van der Waals surface area contributed by atoms with Gasteiger partial charge in [0.05, 0.1) is 28.6 Å². The van der Waals surface area contributed by atoms with Crippen molar-refractivity contribution in [3.05, 3.63) is 136 Å². The Labute approximate surface area is 623 Å². The van der Waals surface area contributed by atoms with Crippen molar-refractivity contribution in [1.29, 1.82) is 0 Å².